The standard InChI is InChI=1S/C20H18Cl2F3N3O3/c21-15-3-2-14(9-16(15)22)27-18(29)11-31-19(30)12-5-7-28(8-6-12)17-4-1-13(10-26-17)20(23,24)25/h1-4,9-10,12H,5-8,11H2,(H,27,29). The molecule has 0 aliphatic carbocycles. The van der Waals surface area contributed by atoms with Crippen molar-refractivity contribution in [2.45, 2.75) is 19.0 Å². The molecule has 166 valence electrons. The van der Waals surface area contributed by atoms with Crippen LogP contribution < -0.4 is 10.2 Å². The Morgan fingerprint density at radius 3 is 2.42 bits per heavy atom. The average Bonchev–Trinajstić information content (AvgIpc) is 2.74. The number of nitrogens with one attached hydrogen (secondary N) is 1. The number of nitrogens with zero attached hydrogens (tertiary/aromatic N) is 2. The highest BCUT2D eigenvalue weighted by Crippen LogP contribution is 2.30. The third-order valence-electron chi connectivity index (χ3n) is 4.78. The Morgan fingerprint density at radius 1 is 1.13 bits per heavy atom. The lowest BCUT2D eigenvalue weighted by molar-refractivity contribution is -0.152. The van der Waals surface area contributed by atoms with Crippen molar-refractivity contribution < 1.29 is 27.5 Å². The van der Waals surface area contributed by atoms with Crippen molar-refractivity contribution in [3.63, 3.8) is 0 Å². The van der Waals surface area contributed by atoms with Crippen LogP contribution in [0.4, 0.5) is 24.7 Å². The zero-order chi connectivity index (χ0) is 22.6. The summed E-state index contributed by atoms with van der Waals surface area (Å²) in [5.41, 5.74) is -0.387. The van der Waals surface area contributed by atoms with Crippen LogP contribution in [0.25, 0.3) is 0 Å². The molecule has 11 heteroatoms. The van der Waals surface area contributed by atoms with Crippen molar-refractivity contribution in [1.82, 2.24) is 4.98 Å². The third kappa shape index (κ3) is 6.24. The number of amides is 1. The molecule has 2 heterocycles. The molecule has 2 aromatic rings. The van der Waals surface area contributed by atoms with E-state index in [0.29, 0.717) is 42.5 Å². The van der Waals surface area contributed by atoms with Gasteiger partial charge in [-0.05, 0) is 43.2 Å². The minimum absolute atomic E-state index is 0.283. The number of halogens is 5. The Labute approximate surface area is 186 Å². The zero-order valence-electron chi connectivity index (χ0n) is 16.1. The Bertz CT molecular complexity index is 947. The predicted molar refractivity (Wildman–Crippen MR) is 110 cm³/mol. The summed E-state index contributed by atoms with van der Waals surface area (Å²) in [6.07, 6.45) is -2.76. The summed E-state index contributed by atoms with van der Waals surface area (Å²) in [4.78, 5) is 29.9. The zero-order valence-corrected chi connectivity index (χ0v) is 17.6. The van der Waals surface area contributed by atoms with E-state index in [4.69, 9.17) is 27.9 Å². The van der Waals surface area contributed by atoms with Gasteiger partial charge >= 0.3 is 12.1 Å². The van der Waals surface area contributed by atoms with Crippen LogP contribution in [0.5, 0.6) is 0 Å². The van der Waals surface area contributed by atoms with Crippen LogP contribution in [0.15, 0.2) is 36.5 Å². The van der Waals surface area contributed by atoms with Crippen LogP contribution >= 0.6 is 23.2 Å². The van der Waals surface area contributed by atoms with Crippen LogP contribution in [0.2, 0.25) is 10.0 Å². The number of ether oxygens (including phenoxy) is 1. The first-order valence-electron chi connectivity index (χ1n) is 9.33. The van der Waals surface area contributed by atoms with Crippen molar-refractivity contribution in [1.29, 1.82) is 0 Å². The molecule has 1 fully saturated rings. The van der Waals surface area contributed by atoms with E-state index in [1.165, 1.54) is 18.2 Å². The summed E-state index contributed by atoms with van der Waals surface area (Å²) in [5.74, 6) is -0.994. The monoisotopic (exact) mass is 475 g/mol. The van der Waals surface area contributed by atoms with E-state index >= 15 is 0 Å². The quantitative estimate of drug-likeness (QED) is 0.628. The van der Waals surface area contributed by atoms with Gasteiger partial charge in [-0.15, -0.1) is 0 Å². The van der Waals surface area contributed by atoms with Crippen molar-refractivity contribution in [3.05, 3.63) is 52.1 Å². The minimum Gasteiger partial charge on any atom is -0.455 e. The smallest absolute Gasteiger partial charge is 0.417 e. The van der Waals surface area contributed by atoms with Crippen LogP contribution in [0.3, 0.4) is 0 Å². The van der Waals surface area contributed by atoms with E-state index in [9.17, 15) is 22.8 Å². The van der Waals surface area contributed by atoms with Gasteiger partial charge in [0.1, 0.15) is 5.82 Å². The van der Waals surface area contributed by atoms with Gasteiger partial charge in [-0.2, -0.15) is 13.2 Å². The van der Waals surface area contributed by atoms with Crippen molar-refractivity contribution >= 4 is 46.6 Å². The second kappa shape index (κ2) is 9.74. The number of anilines is 2. The number of alkyl halides is 3. The average molecular weight is 476 g/mol. The van der Waals surface area contributed by atoms with Gasteiger partial charge < -0.3 is 15.0 Å². The van der Waals surface area contributed by atoms with Crippen molar-refractivity contribution in [3.8, 4) is 0 Å². The first kappa shape index (κ1) is 23.1. The second-order valence-corrected chi connectivity index (χ2v) is 7.76. The number of rotatable bonds is 5. The van der Waals surface area contributed by atoms with E-state index in [1.807, 2.05) is 0 Å². The van der Waals surface area contributed by atoms with Crippen LogP contribution in [0.1, 0.15) is 18.4 Å². The minimum atomic E-state index is -4.44. The summed E-state index contributed by atoms with van der Waals surface area (Å²) in [7, 11) is 0. The summed E-state index contributed by atoms with van der Waals surface area (Å²) in [5, 5.41) is 3.19. The van der Waals surface area contributed by atoms with Crippen LogP contribution in [-0.2, 0) is 20.5 Å². The number of carbonyl (C=O) groups excluding carboxylic acids is 2. The molecule has 0 bridgehead atoms. The molecule has 1 aliphatic rings. The van der Waals surface area contributed by atoms with Gasteiger partial charge in [-0.25, -0.2) is 4.98 Å². The maximum Gasteiger partial charge on any atom is 0.417 e. The van der Waals surface area contributed by atoms with E-state index in [1.54, 1.807) is 11.0 Å². The summed E-state index contributed by atoms with van der Waals surface area (Å²) in [6, 6.07) is 6.88. The number of aromatic nitrogens is 1. The topological polar surface area (TPSA) is 71.5 Å². The molecule has 0 atom stereocenters. The molecule has 0 radical (unpaired) electrons. The first-order valence-corrected chi connectivity index (χ1v) is 10.1. The fourth-order valence-corrected chi connectivity index (χ4v) is 3.41. The SMILES string of the molecule is O=C(COC(=O)C1CCN(c2ccc(C(F)(F)F)cn2)CC1)Nc1ccc(Cl)c(Cl)c1. The van der Waals surface area contributed by atoms with Gasteiger partial charge in [0.05, 0.1) is 21.5 Å². The number of carbonyl (C=O) groups is 2. The molecule has 1 N–H and O–H groups in total. The fourth-order valence-electron chi connectivity index (χ4n) is 3.11. The molecule has 31 heavy (non-hydrogen) atoms. The van der Waals surface area contributed by atoms with Crippen molar-refractivity contribution in [2.24, 2.45) is 5.92 Å². The summed E-state index contributed by atoms with van der Waals surface area (Å²) < 4.78 is 43.0. The van der Waals surface area contributed by atoms with E-state index in [0.717, 1.165) is 12.3 Å². The normalized spacial score (nSPS) is 14.9. The summed E-state index contributed by atoms with van der Waals surface area (Å²) in [6.45, 7) is 0.432. The number of hydrogen-bond acceptors (Lipinski definition) is 5. The number of piperidine rings is 1. The molecule has 1 aromatic carbocycles. The first-order chi connectivity index (χ1) is 14.6. The Balaban J connectivity index is 1.44. The van der Waals surface area contributed by atoms with Crippen LogP contribution in [0, 0.1) is 5.92 Å². The van der Waals surface area contributed by atoms with Gasteiger partial charge in [0, 0.05) is 25.0 Å². The van der Waals surface area contributed by atoms with Gasteiger partial charge in [-0.3, -0.25) is 9.59 Å². The lowest BCUT2D eigenvalue weighted by Crippen LogP contribution is -2.38. The Kier molecular flexibility index (Phi) is 7.27. The second-order valence-electron chi connectivity index (χ2n) is 6.95. The third-order valence-corrected chi connectivity index (χ3v) is 5.52. The molecule has 1 saturated heterocycles. The molecule has 3 rings (SSSR count). The number of benzene rings is 1. The lowest BCUT2D eigenvalue weighted by atomic mass is 9.97. The van der Waals surface area contributed by atoms with Crippen LogP contribution in [-0.4, -0.2) is 36.6 Å². The Morgan fingerprint density at radius 2 is 1.84 bits per heavy atom. The lowest BCUT2D eigenvalue weighted by Gasteiger charge is -2.31. The maximum atomic E-state index is 12.6. The van der Waals surface area contributed by atoms with E-state index < -0.39 is 36.1 Å². The molecule has 0 saturated carbocycles. The molecule has 1 amide bonds. The molecule has 6 nitrogen and oxygen atoms in total. The van der Waals surface area contributed by atoms with Gasteiger partial charge in [0.2, 0.25) is 0 Å². The predicted octanol–water partition coefficient (Wildman–Crippen LogP) is 4.81. The number of esters is 1. The number of pyridine rings is 1. The Hall–Kier alpha value is -2.52. The molecular formula is C20H18Cl2F3N3O3. The van der Waals surface area contributed by atoms with E-state index in [-0.39, 0.29) is 5.02 Å². The molecular weight excluding hydrogens is 458 g/mol. The highest BCUT2D eigenvalue weighted by Gasteiger charge is 2.31. The van der Waals surface area contributed by atoms with Gasteiger partial charge in [-0.1, -0.05) is 23.2 Å². The van der Waals surface area contributed by atoms with Crippen molar-refractivity contribution in [2.75, 3.05) is 29.9 Å². The van der Waals surface area contributed by atoms with Gasteiger partial charge in [0.25, 0.3) is 5.91 Å². The maximum absolute atomic E-state index is 12.6. The largest absolute Gasteiger partial charge is 0.455 e. The van der Waals surface area contributed by atoms with Gasteiger partial charge in [0.15, 0.2) is 6.61 Å². The van der Waals surface area contributed by atoms with E-state index in [2.05, 4.69) is 10.3 Å². The highest BCUT2D eigenvalue weighted by atomic mass is 35.5. The molecule has 1 aliphatic heterocycles. The fraction of sp³-hybridized carbons (Fsp3) is 0.350. The highest BCUT2D eigenvalue weighted by molar-refractivity contribution is 6.42. The molecule has 0 spiro atoms. The molecule has 1 aromatic heterocycles. The summed E-state index contributed by atoms with van der Waals surface area (Å²) >= 11 is 11.7. The number of hydrogen-bond donors (Lipinski definition) is 1. The molecule has 0 unspecified atom stereocenters.